The summed E-state index contributed by atoms with van der Waals surface area (Å²) in [5.74, 6) is 2.53. The molecule has 0 radical (unpaired) electrons. The highest BCUT2D eigenvalue weighted by Crippen LogP contribution is 2.30. The number of benzene rings is 3. The van der Waals surface area contributed by atoms with Crippen molar-refractivity contribution in [1.29, 1.82) is 0 Å². The third kappa shape index (κ3) is 7.53. The van der Waals surface area contributed by atoms with E-state index in [9.17, 15) is 0 Å². The summed E-state index contributed by atoms with van der Waals surface area (Å²) < 4.78 is 0. The van der Waals surface area contributed by atoms with Crippen LogP contribution in [0.25, 0.3) is 10.9 Å². The van der Waals surface area contributed by atoms with E-state index in [4.69, 9.17) is 15.1 Å². The largest absolute Gasteiger partial charge is 0.392 e. The molecule has 0 bridgehead atoms. The van der Waals surface area contributed by atoms with Crippen molar-refractivity contribution < 1.29 is 5.11 Å². The van der Waals surface area contributed by atoms with Crippen molar-refractivity contribution >= 4 is 34.4 Å². The number of para-hydroxylation sites is 1. The molecule has 6 nitrogen and oxygen atoms in total. The Morgan fingerprint density at radius 3 is 2.40 bits per heavy atom. The summed E-state index contributed by atoms with van der Waals surface area (Å²) in [6.07, 6.45) is 7.31. The minimum absolute atomic E-state index is 0.136. The second-order valence-corrected chi connectivity index (χ2v) is 11.5. The summed E-state index contributed by atoms with van der Waals surface area (Å²) in [5, 5.41) is 13.4. The van der Waals surface area contributed by atoms with Gasteiger partial charge in [0.1, 0.15) is 5.82 Å². The lowest BCUT2D eigenvalue weighted by atomic mass is 9.97. The average molecular weight is 556 g/mol. The molecule has 4 aromatic rings. The van der Waals surface area contributed by atoms with E-state index in [1.54, 1.807) is 11.8 Å². The van der Waals surface area contributed by atoms with E-state index in [0.29, 0.717) is 5.95 Å². The van der Waals surface area contributed by atoms with E-state index in [0.717, 1.165) is 52.7 Å². The smallest absolute Gasteiger partial charge is 0.225 e. The molecule has 1 aromatic heterocycles. The Bertz CT molecular complexity index is 1320. The minimum atomic E-state index is 0.136. The number of aromatic nitrogens is 2. The fourth-order valence-electron chi connectivity index (χ4n) is 5.73. The number of nitrogens with one attached hydrogen (secondary N) is 1. The van der Waals surface area contributed by atoms with Gasteiger partial charge in [0.05, 0.1) is 12.1 Å². The number of fused-ring (bicyclic) bond motifs is 1. The first-order valence-corrected chi connectivity index (χ1v) is 15.7. The summed E-state index contributed by atoms with van der Waals surface area (Å²) in [6, 6.07) is 26.7. The molecule has 3 aromatic carbocycles. The van der Waals surface area contributed by atoms with Gasteiger partial charge >= 0.3 is 0 Å². The number of hydrogen-bond donors (Lipinski definition) is 2. The van der Waals surface area contributed by atoms with Crippen LogP contribution in [0, 0.1) is 5.92 Å². The Hall–Kier alpha value is -3.13. The van der Waals surface area contributed by atoms with Gasteiger partial charge in [-0.1, -0.05) is 60.7 Å². The summed E-state index contributed by atoms with van der Waals surface area (Å²) >= 11 is 1.66. The monoisotopic (exact) mass is 555 g/mol. The van der Waals surface area contributed by atoms with Gasteiger partial charge in [-0.05, 0) is 80.3 Å². The Kier molecular flexibility index (Phi) is 10.3. The topological polar surface area (TPSA) is 64.5 Å². The van der Waals surface area contributed by atoms with Crippen LogP contribution in [0.4, 0.5) is 11.8 Å². The van der Waals surface area contributed by atoms with Crippen molar-refractivity contribution in [1.82, 2.24) is 14.9 Å². The predicted octanol–water partition coefficient (Wildman–Crippen LogP) is 6.45. The zero-order valence-corrected chi connectivity index (χ0v) is 24.3. The SMILES string of the molecule is CSc1ccccc1CO.c1ccc(CNc2nc(N3CCC[C@@H](CN4CCCC4)C3)c3ccccc3n2)cc1. The molecule has 6 rings (SSSR count). The maximum absolute atomic E-state index is 8.84. The molecule has 0 spiro atoms. The van der Waals surface area contributed by atoms with E-state index in [2.05, 4.69) is 63.6 Å². The Morgan fingerprint density at radius 1 is 0.875 bits per heavy atom. The molecule has 2 aliphatic heterocycles. The van der Waals surface area contributed by atoms with Crippen molar-refractivity contribution in [3.8, 4) is 0 Å². The van der Waals surface area contributed by atoms with Crippen molar-refractivity contribution in [3.05, 3.63) is 90.0 Å². The van der Waals surface area contributed by atoms with Gasteiger partial charge in [0.15, 0.2) is 0 Å². The van der Waals surface area contributed by atoms with Crippen molar-refractivity contribution in [2.24, 2.45) is 5.92 Å². The van der Waals surface area contributed by atoms with E-state index >= 15 is 0 Å². The van der Waals surface area contributed by atoms with Crippen LogP contribution in [0.15, 0.2) is 83.8 Å². The molecule has 2 saturated heterocycles. The lowest BCUT2D eigenvalue weighted by Gasteiger charge is -2.36. The first-order chi connectivity index (χ1) is 19.7. The van der Waals surface area contributed by atoms with Crippen LogP contribution < -0.4 is 10.2 Å². The molecular weight excluding hydrogens is 514 g/mol. The van der Waals surface area contributed by atoms with Gasteiger partial charge in [0.25, 0.3) is 0 Å². The molecule has 0 unspecified atom stereocenters. The van der Waals surface area contributed by atoms with E-state index in [1.807, 2.05) is 36.6 Å². The molecule has 3 heterocycles. The third-order valence-corrected chi connectivity index (χ3v) is 8.61. The van der Waals surface area contributed by atoms with Crippen LogP contribution in [0.1, 0.15) is 36.8 Å². The van der Waals surface area contributed by atoms with Crippen molar-refractivity contribution in [2.45, 2.75) is 43.7 Å². The van der Waals surface area contributed by atoms with Gasteiger partial charge < -0.3 is 20.2 Å². The van der Waals surface area contributed by atoms with Gasteiger partial charge in [-0.3, -0.25) is 0 Å². The molecule has 7 heteroatoms. The lowest BCUT2D eigenvalue weighted by molar-refractivity contribution is 0.255. The number of aliphatic hydroxyl groups is 1. The summed E-state index contributed by atoms with van der Waals surface area (Å²) in [7, 11) is 0. The summed E-state index contributed by atoms with van der Waals surface area (Å²) in [4.78, 5) is 16.1. The average Bonchev–Trinajstić information content (AvgIpc) is 3.53. The maximum atomic E-state index is 8.84. The highest BCUT2D eigenvalue weighted by molar-refractivity contribution is 7.98. The molecule has 210 valence electrons. The molecule has 0 amide bonds. The van der Waals surface area contributed by atoms with Crippen LogP contribution in [-0.4, -0.2) is 59.0 Å². The zero-order valence-electron chi connectivity index (χ0n) is 23.5. The number of thioether (sulfide) groups is 1. The molecule has 1 atom stereocenters. The van der Waals surface area contributed by atoms with Gasteiger partial charge in [0.2, 0.25) is 5.95 Å². The minimum Gasteiger partial charge on any atom is -0.392 e. The number of rotatable bonds is 8. The molecule has 2 aliphatic rings. The number of likely N-dealkylation sites (tertiary alicyclic amines) is 1. The van der Waals surface area contributed by atoms with E-state index in [-0.39, 0.29) is 6.61 Å². The quantitative estimate of drug-likeness (QED) is 0.242. The zero-order chi connectivity index (χ0) is 27.6. The standard InChI is InChI=1S/C25H31N5.C8H10OS/c1-2-9-20(10-3-1)17-26-25-27-23-13-5-4-12-22(23)24(28-25)30-16-8-11-21(19-30)18-29-14-6-7-15-29;1-10-8-5-3-2-4-7(8)6-9/h1-5,9-10,12-13,21H,6-8,11,14-19H2,(H,26,27,28);2-5,9H,6H2,1H3/t21-;/m0./s1. The molecule has 2 fully saturated rings. The third-order valence-electron chi connectivity index (χ3n) is 7.77. The molecule has 40 heavy (non-hydrogen) atoms. The van der Waals surface area contributed by atoms with E-state index in [1.165, 1.54) is 50.9 Å². The maximum Gasteiger partial charge on any atom is 0.225 e. The normalized spacial score (nSPS) is 17.4. The highest BCUT2D eigenvalue weighted by Gasteiger charge is 2.25. The first-order valence-electron chi connectivity index (χ1n) is 14.5. The molecule has 2 N–H and O–H groups in total. The second-order valence-electron chi connectivity index (χ2n) is 10.7. The van der Waals surface area contributed by atoms with Gasteiger partial charge in [-0.2, -0.15) is 4.98 Å². The number of aliphatic hydroxyl groups excluding tert-OH is 1. The number of hydrogen-bond acceptors (Lipinski definition) is 7. The van der Waals surface area contributed by atoms with Crippen molar-refractivity contribution in [2.75, 3.05) is 49.2 Å². The van der Waals surface area contributed by atoms with Gasteiger partial charge in [-0.25, -0.2) is 4.98 Å². The first kappa shape index (κ1) is 28.4. The predicted molar refractivity (Wildman–Crippen MR) is 168 cm³/mol. The van der Waals surface area contributed by atoms with Crippen LogP contribution in [-0.2, 0) is 13.2 Å². The Morgan fingerprint density at radius 2 is 1.62 bits per heavy atom. The van der Waals surface area contributed by atoms with Crippen molar-refractivity contribution in [3.63, 3.8) is 0 Å². The number of piperidine rings is 1. The fraction of sp³-hybridized carbons (Fsp3) is 0.394. The molecule has 0 saturated carbocycles. The Labute approximate surface area is 242 Å². The summed E-state index contributed by atoms with van der Waals surface area (Å²) in [5.41, 5.74) is 3.26. The highest BCUT2D eigenvalue weighted by atomic mass is 32.2. The number of anilines is 2. The number of nitrogens with zero attached hydrogens (tertiary/aromatic N) is 4. The van der Waals surface area contributed by atoms with Crippen LogP contribution in [0.2, 0.25) is 0 Å². The molecular formula is C33H41N5OS. The molecule has 0 aliphatic carbocycles. The second kappa shape index (κ2) is 14.5. The van der Waals surface area contributed by atoms with Gasteiger partial charge in [0, 0.05) is 36.5 Å². The van der Waals surface area contributed by atoms with Crippen LogP contribution in [0.3, 0.4) is 0 Å². The van der Waals surface area contributed by atoms with E-state index < -0.39 is 0 Å². The lowest BCUT2D eigenvalue weighted by Crippen LogP contribution is -2.41. The fourth-order valence-corrected chi connectivity index (χ4v) is 6.34. The Balaban J connectivity index is 0.000000274. The van der Waals surface area contributed by atoms with Crippen LogP contribution >= 0.6 is 11.8 Å². The van der Waals surface area contributed by atoms with Crippen LogP contribution in [0.5, 0.6) is 0 Å². The summed E-state index contributed by atoms with van der Waals surface area (Å²) in [6.45, 7) is 6.83. The van der Waals surface area contributed by atoms with Gasteiger partial charge in [-0.15, -0.1) is 11.8 Å².